The van der Waals surface area contributed by atoms with E-state index in [1.807, 2.05) is 5.38 Å². The van der Waals surface area contributed by atoms with Crippen LogP contribution in [0.2, 0.25) is 0 Å². The summed E-state index contributed by atoms with van der Waals surface area (Å²) in [7, 11) is 0. The van der Waals surface area contributed by atoms with Gasteiger partial charge in [0.25, 0.3) is 0 Å². The summed E-state index contributed by atoms with van der Waals surface area (Å²) in [5.41, 5.74) is 6.81. The van der Waals surface area contributed by atoms with Crippen LogP contribution in [0.4, 0.5) is 5.00 Å². The molecular weight excluding hydrogens is 462 g/mol. The van der Waals surface area contributed by atoms with E-state index in [9.17, 15) is 10.1 Å². The van der Waals surface area contributed by atoms with E-state index in [1.54, 1.807) is 17.4 Å². The summed E-state index contributed by atoms with van der Waals surface area (Å²) in [5, 5.41) is 16.6. The molecular formula is C27H33N3O2S2. The number of nitrogens with zero attached hydrogens (tertiary/aromatic N) is 3. The maximum atomic E-state index is 10.9. The van der Waals surface area contributed by atoms with Crippen molar-refractivity contribution in [1.29, 1.82) is 0 Å². The molecule has 0 atom stereocenters. The average Bonchev–Trinajstić information content (AvgIpc) is 3.48. The summed E-state index contributed by atoms with van der Waals surface area (Å²) in [5.74, 6) is 0.500. The lowest BCUT2D eigenvalue weighted by molar-refractivity contribution is -0.380. The van der Waals surface area contributed by atoms with Crippen molar-refractivity contribution in [2.24, 2.45) is 0 Å². The second kappa shape index (κ2) is 8.85. The van der Waals surface area contributed by atoms with Gasteiger partial charge in [-0.1, -0.05) is 51.2 Å². The molecule has 1 aromatic carbocycles. The lowest BCUT2D eigenvalue weighted by Crippen LogP contribution is -2.33. The molecule has 5 rings (SSSR count). The van der Waals surface area contributed by atoms with E-state index in [-0.39, 0.29) is 20.8 Å². The number of hydrogen-bond acceptors (Lipinski definition) is 6. The van der Waals surface area contributed by atoms with Gasteiger partial charge in [0.1, 0.15) is 0 Å². The number of piperidine rings is 1. The van der Waals surface area contributed by atoms with Crippen molar-refractivity contribution in [1.82, 2.24) is 9.88 Å². The van der Waals surface area contributed by atoms with Crippen molar-refractivity contribution in [3.63, 3.8) is 0 Å². The van der Waals surface area contributed by atoms with Gasteiger partial charge in [0, 0.05) is 34.9 Å². The monoisotopic (exact) mass is 495 g/mol. The van der Waals surface area contributed by atoms with Crippen molar-refractivity contribution in [2.75, 3.05) is 13.1 Å². The molecule has 34 heavy (non-hydrogen) atoms. The topological polar surface area (TPSA) is 59.3 Å². The van der Waals surface area contributed by atoms with Crippen LogP contribution in [-0.2, 0) is 17.4 Å². The Morgan fingerprint density at radius 2 is 1.74 bits per heavy atom. The van der Waals surface area contributed by atoms with Gasteiger partial charge in [0.2, 0.25) is 0 Å². The van der Waals surface area contributed by atoms with Gasteiger partial charge < -0.3 is 0 Å². The molecule has 1 saturated heterocycles. The van der Waals surface area contributed by atoms with Crippen LogP contribution in [0, 0.1) is 10.1 Å². The van der Waals surface area contributed by atoms with E-state index < -0.39 is 0 Å². The first kappa shape index (κ1) is 23.6. The maximum Gasteiger partial charge on any atom is 0.324 e. The summed E-state index contributed by atoms with van der Waals surface area (Å²) in [4.78, 5) is 18.1. The number of thiazole rings is 1. The summed E-state index contributed by atoms with van der Waals surface area (Å²) < 4.78 is 0. The third kappa shape index (κ3) is 4.58. The zero-order valence-electron chi connectivity index (χ0n) is 20.5. The number of rotatable bonds is 5. The van der Waals surface area contributed by atoms with E-state index in [2.05, 4.69) is 56.2 Å². The van der Waals surface area contributed by atoms with Crippen LogP contribution >= 0.6 is 22.7 Å². The van der Waals surface area contributed by atoms with Crippen molar-refractivity contribution in [3.05, 3.63) is 66.8 Å². The zero-order valence-corrected chi connectivity index (χ0v) is 22.1. The molecule has 0 spiro atoms. The third-order valence-corrected chi connectivity index (χ3v) is 9.77. The molecule has 0 amide bonds. The molecule has 3 aromatic rings. The quantitative estimate of drug-likeness (QED) is 0.271. The van der Waals surface area contributed by atoms with Crippen LogP contribution in [0.1, 0.15) is 81.0 Å². The molecule has 1 aliphatic heterocycles. The van der Waals surface area contributed by atoms with Crippen LogP contribution < -0.4 is 0 Å². The van der Waals surface area contributed by atoms with Crippen molar-refractivity contribution >= 4 is 27.7 Å². The number of hydrogen-bond donors (Lipinski definition) is 0. The van der Waals surface area contributed by atoms with Crippen molar-refractivity contribution in [3.8, 4) is 11.3 Å². The number of likely N-dealkylation sites (tertiary alicyclic amines) is 1. The maximum absolute atomic E-state index is 10.9. The predicted octanol–water partition coefficient (Wildman–Crippen LogP) is 7.51. The molecule has 1 fully saturated rings. The number of thiophene rings is 1. The fraction of sp³-hybridized carbons (Fsp3) is 0.519. The highest BCUT2D eigenvalue weighted by atomic mass is 32.1. The third-order valence-electron chi connectivity index (χ3n) is 7.83. The van der Waals surface area contributed by atoms with Crippen LogP contribution in [0.3, 0.4) is 0 Å². The Balaban J connectivity index is 1.26. The fourth-order valence-electron chi connectivity index (χ4n) is 5.49. The second-order valence-electron chi connectivity index (χ2n) is 11.2. The molecule has 2 aromatic heterocycles. The molecule has 0 bridgehead atoms. The predicted molar refractivity (Wildman–Crippen MR) is 141 cm³/mol. The smallest absolute Gasteiger partial charge is 0.299 e. The molecule has 7 heteroatoms. The molecule has 2 aliphatic rings. The van der Waals surface area contributed by atoms with Crippen LogP contribution in [0.5, 0.6) is 0 Å². The summed E-state index contributed by atoms with van der Waals surface area (Å²) in [6.45, 7) is 12.3. The number of nitro groups is 1. The minimum Gasteiger partial charge on any atom is -0.299 e. The summed E-state index contributed by atoms with van der Waals surface area (Å²) in [6, 6.07) is 8.73. The lowest BCUT2D eigenvalue weighted by Gasteiger charge is -2.42. The molecule has 1 aliphatic carbocycles. The van der Waals surface area contributed by atoms with Crippen molar-refractivity contribution < 1.29 is 4.92 Å². The lowest BCUT2D eigenvalue weighted by atomic mass is 9.63. The van der Waals surface area contributed by atoms with Gasteiger partial charge in [-0.25, -0.2) is 4.98 Å². The molecule has 0 saturated carbocycles. The van der Waals surface area contributed by atoms with Gasteiger partial charge >= 0.3 is 5.00 Å². The fourth-order valence-corrected chi connectivity index (χ4v) is 7.21. The van der Waals surface area contributed by atoms with E-state index >= 15 is 0 Å². The van der Waals surface area contributed by atoms with Gasteiger partial charge in [0.05, 0.1) is 15.6 Å². The van der Waals surface area contributed by atoms with Gasteiger partial charge in [-0.05, 0) is 72.4 Å². The summed E-state index contributed by atoms with van der Waals surface area (Å²) >= 11 is 3.02. The van der Waals surface area contributed by atoms with Crippen LogP contribution in [0.15, 0.2) is 35.0 Å². The molecule has 0 N–H and O–H groups in total. The standard InChI is InChI=1S/C27H33N3O2S2/c1-26(2)9-10-27(3,4)22-14-20(5-6-21(22)26)23-17-34-25(28-23)19-7-11-29(12-8-19)15-18-13-24(30(31)32)33-16-18/h5-6,13-14,16-17,19H,7-12,15H2,1-4H3. The molecule has 0 radical (unpaired) electrons. The first-order valence-electron chi connectivity index (χ1n) is 12.2. The van der Waals surface area contributed by atoms with Gasteiger partial charge in [-0.2, -0.15) is 0 Å². The van der Waals surface area contributed by atoms with Crippen LogP contribution in [0.25, 0.3) is 11.3 Å². The average molecular weight is 496 g/mol. The van der Waals surface area contributed by atoms with E-state index in [0.29, 0.717) is 5.92 Å². The highest BCUT2D eigenvalue weighted by Crippen LogP contribution is 2.47. The highest BCUT2D eigenvalue weighted by molar-refractivity contribution is 7.13. The Bertz CT molecular complexity index is 1200. The second-order valence-corrected chi connectivity index (χ2v) is 13.0. The molecule has 3 heterocycles. The van der Waals surface area contributed by atoms with E-state index in [4.69, 9.17) is 4.98 Å². The molecule has 0 unspecified atom stereocenters. The van der Waals surface area contributed by atoms with Gasteiger partial charge in [-0.3, -0.25) is 15.0 Å². The normalized spacial score (nSPS) is 20.2. The van der Waals surface area contributed by atoms with Crippen molar-refractivity contribution in [2.45, 2.75) is 76.7 Å². The molecule has 5 nitrogen and oxygen atoms in total. The Morgan fingerprint density at radius 3 is 2.41 bits per heavy atom. The Morgan fingerprint density at radius 1 is 1.03 bits per heavy atom. The Hall–Kier alpha value is -2.09. The minimum atomic E-state index is -0.301. The number of aromatic nitrogens is 1. The first-order valence-corrected chi connectivity index (χ1v) is 13.9. The molecule has 180 valence electrons. The summed E-state index contributed by atoms with van der Waals surface area (Å²) in [6.07, 6.45) is 4.63. The Kier molecular flexibility index (Phi) is 6.15. The van der Waals surface area contributed by atoms with Gasteiger partial charge in [0.15, 0.2) is 0 Å². The Labute approximate surface area is 210 Å². The zero-order chi connectivity index (χ0) is 24.1. The van der Waals surface area contributed by atoms with Crippen LogP contribution in [-0.4, -0.2) is 27.9 Å². The minimum absolute atomic E-state index is 0.204. The van der Waals surface area contributed by atoms with E-state index in [0.717, 1.165) is 43.7 Å². The SMILES string of the molecule is CC1(C)CCC(C)(C)c2cc(-c3csc(C4CCN(Cc5csc([N+](=O)[O-])c5)CC4)n3)ccc21. The number of fused-ring (bicyclic) bond motifs is 1. The van der Waals surface area contributed by atoms with Gasteiger partial charge in [-0.15, -0.1) is 11.3 Å². The largest absolute Gasteiger partial charge is 0.324 e. The first-order chi connectivity index (χ1) is 16.1. The van der Waals surface area contributed by atoms with E-state index in [1.165, 1.54) is 45.9 Å². The highest BCUT2D eigenvalue weighted by Gasteiger charge is 2.37. The number of benzene rings is 1.